The van der Waals surface area contributed by atoms with E-state index >= 15 is 0 Å². The first kappa shape index (κ1) is 24.3. The van der Waals surface area contributed by atoms with Crippen molar-refractivity contribution in [3.63, 3.8) is 0 Å². The molecule has 36 heavy (non-hydrogen) atoms. The molecule has 9 heteroatoms. The lowest BCUT2D eigenvalue weighted by atomic mass is 10.1. The Labute approximate surface area is 207 Å². The summed E-state index contributed by atoms with van der Waals surface area (Å²) in [4.78, 5) is 26.3. The van der Waals surface area contributed by atoms with E-state index in [1.807, 2.05) is 54.6 Å². The van der Waals surface area contributed by atoms with Gasteiger partial charge in [0, 0.05) is 17.2 Å². The molecule has 1 heterocycles. The van der Waals surface area contributed by atoms with Gasteiger partial charge in [-0.1, -0.05) is 18.2 Å². The molecule has 184 valence electrons. The van der Waals surface area contributed by atoms with Crippen molar-refractivity contribution in [1.82, 2.24) is 15.2 Å². The van der Waals surface area contributed by atoms with Gasteiger partial charge >= 0.3 is 0 Å². The third-order valence-electron chi connectivity index (χ3n) is 5.58. The quantitative estimate of drug-likeness (QED) is 0.289. The topological polar surface area (TPSA) is 107 Å². The predicted octanol–water partition coefficient (Wildman–Crippen LogP) is 4.01. The van der Waals surface area contributed by atoms with Crippen molar-refractivity contribution < 1.29 is 19.0 Å². The fourth-order valence-electron chi connectivity index (χ4n) is 3.69. The fraction of sp³-hybridized carbons (Fsp3) is 0.148. The smallest absolute Gasteiger partial charge is 0.281 e. The molecule has 0 radical (unpaired) electrons. The summed E-state index contributed by atoms with van der Waals surface area (Å²) in [6.07, 6.45) is 0. The predicted molar refractivity (Wildman–Crippen MR) is 138 cm³/mol. The summed E-state index contributed by atoms with van der Waals surface area (Å²) in [5.74, 6) is 1.16. The maximum atomic E-state index is 13.5. The van der Waals surface area contributed by atoms with Crippen LogP contribution in [0.3, 0.4) is 0 Å². The van der Waals surface area contributed by atoms with Crippen molar-refractivity contribution >= 4 is 11.6 Å². The van der Waals surface area contributed by atoms with Gasteiger partial charge in [0.15, 0.2) is 0 Å². The molecular weight excluding hydrogens is 460 g/mol. The van der Waals surface area contributed by atoms with Gasteiger partial charge in [-0.25, -0.2) is 10.1 Å². The highest BCUT2D eigenvalue weighted by Crippen LogP contribution is 2.25. The lowest BCUT2D eigenvalue weighted by Gasteiger charge is -2.08. The van der Waals surface area contributed by atoms with Crippen LogP contribution in [0.25, 0.3) is 16.9 Å². The average molecular weight is 487 g/mol. The van der Waals surface area contributed by atoms with Crippen LogP contribution in [0.4, 0.5) is 0 Å². The number of carbonyl (C=O) groups is 1. The minimum absolute atomic E-state index is 0.300. The number of benzene rings is 3. The van der Waals surface area contributed by atoms with E-state index in [2.05, 4.69) is 15.6 Å². The summed E-state index contributed by atoms with van der Waals surface area (Å²) >= 11 is 0. The first-order chi connectivity index (χ1) is 17.4. The zero-order valence-electron chi connectivity index (χ0n) is 20.4. The number of H-pyrrole nitrogens is 1. The molecule has 2 N–H and O–H groups in total. The molecular formula is C27H26N4O5. The fourth-order valence-corrected chi connectivity index (χ4v) is 3.69. The second-order valence-electron chi connectivity index (χ2n) is 7.81. The molecule has 0 aliphatic rings. The first-order valence-corrected chi connectivity index (χ1v) is 11.1. The molecule has 0 spiro atoms. The van der Waals surface area contributed by atoms with Crippen LogP contribution in [0, 0.1) is 0 Å². The van der Waals surface area contributed by atoms with Crippen LogP contribution in [0.1, 0.15) is 22.8 Å². The molecule has 0 saturated carbocycles. The SMILES string of the molecule is COc1ccc(-c2[nH]n(-c3ccccc3)c(=O)c2/C(C)=N/NC(=O)c2cc(OC)cc(OC)c2)cc1. The van der Waals surface area contributed by atoms with Crippen LogP contribution in [0.15, 0.2) is 82.7 Å². The van der Waals surface area contributed by atoms with E-state index in [1.54, 1.807) is 32.2 Å². The van der Waals surface area contributed by atoms with Crippen molar-refractivity contribution in [2.24, 2.45) is 5.10 Å². The molecule has 1 amide bonds. The Kier molecular flexibility index (Phi) is 7.20. The Morgan fingerprint density at radius 2 is 1.47 bits per heavy atom. The number of para-hydroxylation sites is 1. The number of carbonyl (C=O) groups excluding carboxylic acids is 1. The van der Waals surface area contributed by atoms with Gasteiger partial charge < -0.3 is 14.2 Å². The molecule has 9 nitrogen and oxygen atoms in total. The van der Waals surface area contributed by atoms with E-state index in [9.17, 15) is 9.59 Å². The van der Waals surface area contributed by atoms with E-state index in [-0.39, 0.29) is 5.56 Å². The van der Waals surface area contributed by atoms with Gasteiger partial charge in [0.2, 0.25) is 0 Å². The van der Waals surface area contributed by atoms with Crippen LogP contribution in [0.5, 0.6) is 17.2 Å². The summed E-state index contributed by atoms with van der Waals surface area (Å²) in [6, 6.07) is 21.3. The van der Waals surface area contributed by atoms with E-state index in [4.69, 9.17) is 14.2 Å². The van der Waals surface area contributed by atoms with Crippen molar-refractivity contribution in [2.75, 3.05) is 21.3 Å². The molecule has 0 unspecified atom stereocenters. The van der Waals surface area contributed by atoms with E-state index in [0.29, 0.717) is 45.5 Å². The normalized spacial score (nSPS) is 11.2. The number of amides is 1. The molecule has 0 aliphatic carbocycles. The van der Waals surface area contributed by atoms with Gasteiger partial charge in [-0.15, -0.1) is 0 Å². The maximum absolute atomic E-state index is 13.5. The van der Waals surface area contributed by atoms with E-state index in [1.165, 1.54) is 18.9 Å². The molecule has 0 fully saturated rings. The third-order valence-corrected chi connectivity index (χ3v) is 5.58. The number of aromatic nitrogens is 2. The van der Waals surface area contributed by atoms with Crippen LogP contribution in [-0.4, -0.2) is 42.7 Å². The minimum Gasteiger partial charge on any atom is -0.497 e. The summed E-state index contributed by atoms with van der Waals surface area (Å²) in [6.45, 7) is 1.67. The number of hydrazone groups is 1. The summed E-state index contributed by atoms with van der Waals surface area (Å²) in [7, 11) is 4.60. The number of rotatable bonds is 8. The Morgan fingerprint density at radius 3 is 2.06 bits per heavy atom. The zero-order valence-corrected chi connectivity index (χ0v) is 20.4. The number of nitrogens with one attached hydrogen (secondary N) is 2. The molecule has 0 bridgehead atoms. The number of aromatic amines is 1. The lowest BCUT2D eigenvalue weighted by molar-refractivity contribution is 0.0954. The van der Waals surface area contributed by atoms with Crippen LogP contribution in [-0.2, 0) is 0 Å². The average Bonchev–Trinajstić information content (AvgIpc) is 3.28. The van der Waals surface area contributed by atoms with Crippen LogP contribution in [0.2, 0.25) is 0 Å². The standard InChI is InChI=1S/C27H26N4O5/c1-17(28-29-26(32)19-14-22(35-3)16-23(15-19)36-4)24-25(18-10-12-21(34-2)13-11-18)30-31(27(24)33)20-8-6-5-7-9-20/h5-16,30H,1-4H3,(H,29,32)/b28-17+. The van der Waals surface area contributed by atoms with E-state index < -0.39 is 5.91 Å². The van der Waals surface area contributed by atoms with Crippen molar-refractivity contribution in [1.29, 1.82) is 0 Å². The van der Waals surface area contributed by atoms with Gasteiger partial charge in [0.05, 0.1) is 44.0 Å². The molecule has 0 aliphatic heterocycles. The molecule has 0 saturated heterocycles. The molecule has 0 atom stereocenters. The van der Waals surface area contributed by atoms with Gasteiger partial charge in [0.1, 0.15) is 17.2 Å². The van der Waals surface area contributed by atoms with Crippen molar-refractivity contribution in [3.05, 3.63) is 94.3 Å². The number of ether oxygens (including phenoxy) is 3. The van der Waals surface area contributed by atoms with Gasteiger partial charge in [-0.05, 0) is 55.5 Å². The lowest BCUT2D eigenvalue weighted by Crippen LogP contribution is -2.23. The van der Waals surface area contributed by atoms with E-state index in [0.717, 1.165) is 5.56 Å². The van der Waals surface area contributed by atoms with Crippen molar-refractivity contribution in [2.45, 2.75) is 6.92 Å². The number of hydrogen-bond donors (Lipinski definition) is 2. The van der Waals surface area contributed by atoms with Crippen molar-refractivity contribution in [3.8, 4) is 34.2 Å². The van der Waals surface area contributed by atoms with Gasteiger partial charge in [0.25, 0.3) is 11.5 Å². The molecule has 4 rings (SSSR count). The maximum Gasteiger partial charge on any atom is 0.281 e. The molecule has 3 aromatic carbocycles. The second kappa shape index (κ2) is 10.6. The third kappa shape index (κ3) is 5.00. The Bertz CT molecular complexity index is 1430. The Morgan fingerprint density at radius 1 is 0.861 bits per heavy atom. The number of nitrogens with zero attached hydrogens (tertiary/aromatic N) is 2. The number of hydrogen-bond acceptors (Lipinski definition) is 6. The van der Waals surface area contributed by atoms with Gasteiger partial charge in [-0.2, -0.15) is 5.10 Å². The summed E-state index contributed by atoms with van der Waals surface area (Å²) in [5.41, 5.74) is 5.18. The Balaban J connectivity index is 1.74. The number of methoxy groups -OCH3 is 3. The van der Waals surface area contributed by atoms with Crippen LogP contribution < -0.4 is 25.2 Å². The molecule has 1 aromatic heterocycles. The Hall–Kier alpha value is -4.79. The largest absolute Gasteiger partial charge is 0.497 e. The first-order valence-electron chi connectivity index (χ1n) is 11.1. The summed E-state index contributed by atoms with van der Waals surface area (Å²) in [5, 5.41) is 7.43. The van der Waals surface area contributed by atoms with Crippen LogP contribution >= 0.6 is 0 Å². The zero-order chi connectivity index (χ0) is 25.7. The minimum atomic E-state index is -0.475. The second-order valence-corrected chi connectivity index (χ2v) is 7.81. The summed E-state index contributed by atoms with van der Waals surface area (Å²) < 4.78 is 17.2. The van der Waals surface area contributed by atoms with Gasteiger partial charge in [-0.3, -0.25) is 14.7 Å². The monoisotopic (exact) mass is 486 g/mol. The highest BCUT2D eigenvalue weighted by atomic mass is 16.5. The highest BCUT2D eigenvalue weighted by molar-refractivity contribution is 6.04. The molecule has 4 aromatic rings. The highest BCUT2D eigenvalue weighted by Gasteiger charge is 2.20.